The third-order valence-electron chi connectivity index (χ3n) is 8.18. The Hall–Kier alpha value is -2.81. The fourth-order valence-electron chi connectivity index (χ4n) is 6.50. The average molecular weight is 629 g/mol. The third-order valence-corrected chi connectivity index (χ3v) is 45.1. The van der Waals surface area contributed by atoms with Crippen molar-refractivity contribution in [2.75, 3.05) is 0 Å². The Morgan fingerprint density at radius 2 is 0.390 bits per heavy atom. The van der Waals surface area contributed by atoms with Gasteiger partial charge in [-0.25, -0.2) is 0 Å². The molecule has 0 saturated carbocycles. The van der Waals surface area contributed by atoms with Crippen molar-refractivity contribution in [2.24, 2.45) is 0 Å². The van der Waals surface area contributed by atoms with E-state index in [4.69, 9.17) is 22.5 Å². The molecule has 0 atom stereocenters. The van der Waals surface area contributed by atoms with Gasteiger partial charge in [0.05, 0.1) is 0 Å². The van der Waals surface area contributed by atoms with Gasteiger partial charge in [0, 0.05) is 0 Å². The summed E-state index contributed by atoms with van der Waals surface area (Å²) in [7, 11) is 0. The molecular weight excluding hydrogens is 596 g/mol. The maximum absolute atomic E-state index is 8.62. The van der Waals surface area contributed by atoms with Gasteiger partial charge in [-0.3, -0.25) is 0 Å². The summed E-state index contributed by atoms with van der Waals surface area (Å²) in [6, 6.07) is 65.3. The van der Waals surface area contributed by atoms with Crippen molar-refractivity contribution in [1.29, 1.82) is 0 Å². The van der Waals surface area contributed by atoms with Gasteiger partial charge >= 0.3 is 256 Å². The van der Waals surface area contributed by atoms with Gasteiger partial charge in [-0.2, -0.15) is 0 Å². The summed E-state index contributed by atoms with van der Waals surface area (Å²) in [6.07, 6.45) is 0. The van der Waals surface area contributed by atoms with E-state index in [-0.39, 0.29) is 0 Å². The van der Waals surface area contributed by atoms with Crippen LogP contribution in [-0.2, 0) is 0 Å². The van der Waals surface area contributed by atoms with Crippen LogP contribution in [0.15, 0.2) is 182 Å². The monoisotopic (exact) mass is 628 g/mol. The summed E-state index contributed by atoms with van der Waals surface area (Å²) in [5.41, 5.74) is 0. The summed E-state index contributed by atoms with van der Waals surface area (Å²) < 4.78 is 0. The van der Waals surface area contributed by atoms with Gasteiger partial charge in [0.1, 0.15) is 0 Å². The van der Waals surface area contributed by atoms with Crippen LogP contribution in [0.2, 0.25) is 0 Å². The second-order valence-corrected chi connectivity index (χ2v) is 36.2. The van der Waals surface area contributed by atoms with Gasteiger partial charge in [-0.1, -0.05) is 0 Å². The zero-order valence-electron chi connectivity index (χ0n) is 22.6. The first kappa shape index (κ1) is 28.3. The van der Waals surface area contributed by atoms with Crippen LogP contribution in [0.25, 0.3) is 0 Å². The Kier molecular flexibility index (Phi) is 8.42. The third kappa shape index (κ3) is 4.68. The molecule has 0 radical (unpaired) electrons. The first-order valence-electron chi connectivity index (χ1n) is 13.8. The molecule has 0 spiro atoms. The summed E-state index contributed by atoms with van der Waals surface area (Å²) in [5.74, 6) is 0. The molecule has 206 valence electrons. The quantitative estimate of drug-likeness (QED) is 0.149. The van der Waals surface area contributed by atoms with Crippen LogP contribution in [0, 0.1) is 0 Å². The Labute approximate surface area is 254 Å². The standard InChI is InChI=1S/C36H33Cl2P3/c37-41(38,39(31-19-7-1-8-20-31,32-21-9-2-10-22-32)33-23-11-3-12-24-33)40(34-25-13-4-14-26-34,35-27-15-5-16-28-35)36-29-17-6-18-30-36/h1-30,39-41H. The molecule has 6 aromatic rings. The zero-order chi connectivity index (χ0) is 28.2. The van der Waals surface area contributed by atoms with Crippen molar-refractivity contribution in [1.82, 2.24) is 0 Å². The number of hydrogen-bond acceptors (Lipinski definition) is 0. The van der Waals surface area contributed by atoms with E-state index in [9.17, 15) is 0 Å². The molecule has 0 aliphatic carbocycles. The second-order valence-electron chi connectivity index (χ2n) is 10.3. The van der Waals surface area contributed by atoms with Gasteiger partial charge in [-0.05, 0) is 0 Å². The van der Waals surface area contributed by atoms with Crippen LogP contribution < -0.4 is 31.8 Å². The fourth-order valence-corrected chi connectivity index (χ4v) is 51.2. The molecule has 0 unspecified atom stereocenters. The molecule has 0 saturated heterocycles. The Morgan fingerprint density at radius 3 is 0.537 bits per heavy atom. The van der Waals surface area contributed by atoms with Crippen LogP contribution >= 0.6 is 41.7 Å². The molecule has 0 heterocycles. The predicted octanol–water partition coefficient (Wildman–Crippen LogP) is 8.33. The minimum atomic E-state index is -3.49. The first-order valence-corrected chi connectivity index (χ1v) is 23.9. The Bertz CT molecular complexity index is 1360. The topological polar surface area (TPSA) is 0 Å². The number of benzene rings is 6. The van der Waals surface area contributed by atoms with Crippen molar-refractivity contribution >= 4 is 73.6 Å². The summed E-state index contributed by atoms with van der Waals surface area (Å²) in [6.45, 7) is -6.21. The fraction of sp³-hybridized carbons (Fsp3) is 0. The van der Waals surface area contributed by atoms with E-state index in [0.29, 0.717) is 0 Å². The van der Waals surface area contributed by atoms with Gasteiger partial charge in [0.15, 0.2) is 0 Å². The van der Waals surface area contributed by atoms with E-state index in [1.807, 2.05) is 0 Å². The molecular formula is C36H33Cl2P3. The van der Waals surface area contributed by atoms with E-state index in [0.717, 1.165) is 0 Å². The molecule has 0 fully saturated rings. The molecule has 0 amide bonds. The molecule has 0 aliphatic heterocycles. The van der Waals surface area contributed by atoms with Crippen LogP contribution in [-0.4, -0.2) is 0 Å². The molecule has 0 aliphatic rings. The normalized spacial score (nSPS) is 13.3. The van der Waals surface area contributed by atoms with E-state index < -0.39 is 19.2 Å². The summed E-state index contributed by atoms with van der Waals surface area (Å²) in [5, 5.41) is 3.98. The van der Waals surface area contributed by atoms with Crippen LogP contribution in [0.1, 0.15) is 0 Å². The van der Waals surface area contributed by atoms with Crippen LogP contribution in [0.5, 0.6) is 0 Å². The van der Waals surface area contributed by atoms with Gasteiger partial charge < -0.3 is 0 Å². The minimum absolute atomic E-state index is 1.24. The molecule has 0 nitrogen and oxygen atoms in total. The zero-order valence-corrected chi connectivity index (χ0v) is 27.1. The van der Waals surface area contributed by atoms with Gasteiger partial charge in [-0.15, -0.1) is 0 Å². The summed E-state index contributed by atoms with van der Waals surface area (Å²) in [4.78, 5) is 0. The van der Waals surface area contributed by atoms with Crippen molar-refractivity contribution in [3.05, 3.63) is 182 Å². The van der Waals surface area contributed by atoms with Crippen molar-refractivity contribution in [3.8, 4) is 0 Å². The van der Waals surface area contributed by atoms with Gasteiger partial charge in [0.25, 0.3) is 0 Å². The maximum atomic E-state index is 8.62. The molecule has 0 bridgehead atoms. The van der Waals surface area contributed by atoms with E-state index in [2.05, 4.69) is 182 Å². The van der Waals surface area contributed by atoms with E-state index in [1.54, 1.807) is 0 Å². The Morgan fingerprint density at radius 1 is 0.244 bits per heavy atom. The second kappa shape index (κ2) is 12.2. The van der Waals surface area contributed by atoms with Crippen molar-refractivity contribution in [3.63, 3.8) is 0 Å². The van der Waals surface area contributed by atoms with E-state index >= 15 is 0 Å². The van der Waals surface area contributed by atoms with E-state index in [1.165, 1.54) is 31.8 Å². The number of hydrogen-bond donors (Lipinski definition) is 0. The number of rotatable bonds is 8. The SMILES string of the molecule is Cl[PH](Cl)([PH](c1ccccc1)(c1ccccc1)c1ccccc1)[PH](c1ccccc1)(c1ccccc1)c1ccccc1. The molecule has 6 aromatic carbocycles. The van der Waals surface area contributed by atoms with Crippen LogP contribution in [0.4, 0.5) is 0 Å². The number of halogens is 2. The Balaban J connectivity index is 1.86. The van der Waals surface area contributed by atoms with Crippen molar-refractivity contribution < 1.29 is 0 Å². The molecule has 0 aromatic heterocycles. The first-order chi connectivity index (χ1) is 20.1. The van der Waals surface area contributed by atoms with Crippen molar-refractivity contribution in [2.45, 2.75) is 0 Å². The summed E-state index contributed by atoms with van der Waals surface area (Å²) >= 11 is 17.2. The van der Waals surface area contributed by atoms with Crippen LogP contribution in [0.3, 0.4) is 0 Å². The average Bonchev–Trinajstić information content (AvgIpc) is 3.05. The molecule has 6 rings (SSSR count). The molecule has 41 heavy (non-hydrogen) atoms. The predicted molar refractivity (Wildman–Crippen MR) is 193 cm³/mol. The molecule has 5 heteroatoms. The molecule has 0 N–H and O–H groups in total. The van der Waals surface area contributed by atoms with Gasteiger partial charge in [0.2, 0.25) is 0 Å².